The van der Waals surface area contributed by atoms with Crippen molar-refractivity contribution < 1.29 is 14.7 Å². The van der Waals surface area contributed by atoms with E-state index in [-0.39, 0.29) is 13.0 Å². The van der Waals surface area contributed by atoms with Gasteiger partial charge in [0.1, 0.15) is 0 Å². The van der Waals surface area contributed by atoms with Gasteiger partial charge < -0.3 is 21.1 Å². The fourth-order valence-corrected chi connectivity index (χ4v) is 3.42. The Balaban J connectivity index is 2.19. The lowest BCUT2D eigenvalue weighted by Gasteiger charge is -2.18. The summed E-state index contributed by atoms with van der Waals surface area (Å²) < 4.78 is 2.97. The predicted octanol–water partition coefficient (Wildman–Crippen LogP) is 3.48. The van der Waals surface area contributed by atoms with E-state index in [0.29, 0.717) is 12.0 Å². The highest BCUT2D eigenvalue weighted by Crippen LogP contribution is 2.30. The van der Waals surface area contributed by atoms with Crippen molar-refractivity contribution in [1.82, 2.24) is 4.57 Å². The molecule has 2 aromatic carbocycles. The van der Waals surface area contributed by atoms with Crippen molar-refractivity contribution in [2.24, 2.45) is 11.5 Å². The van der Waals surface area contributed by atoms with Crippen molar-refractivity contribution in [3.8, 4) is 16.9 Å². The summed E-state index contributed by atoms with van der Waals surface area (Å²) in [6.07, 6.45) is 0.383. The van der Waals surface area contributed by atoms with Crippen LogP contribution in [0.4, 0.5) is 0 Å². The number of benzene rings is 2. The Bertz CT molecular complexity index is 1030. The number of hydrogen-bond donors (Lipinski definition) is 3. The molecule has 0 aliphatic carbocycles. The monoisotopic (exact) mass is 441 g/mol. The van der Waals surface area contributed by atoms with Crippen molar-refractivity contribution in [1.29, 1.82) is 0 Å². The molecule has 28 heavy (non-hydrogen) atoms. The molecule has 0 atom stereocenters. The number of aryl methyl sites for hydroxylation is 1. The molecule has 0 aliphatic rings. The predicted molar refractivity (Wildman–Crippen MR) is 111 cm³/mol. The molecule has 1 heterocycles. The van der Waals surface area contributed by atoms with Crippen LogP contribution >= 0.6 is 15.9 Å². The summed E-state index contributed by atoms with van der Waals surface area (Å²) in [6.45, 7) is 0.215. The van der Waals surface area contributed by atoms with E-state index < -0.39 is 11.9 Å². The Morgan fingerprint density at radius 3 is 2.36 bits per heavy atom. The maximum Gasteiger partial charge on any atom is 0.303 e. The van der Waals surface area contributed by atoms with Crippen molar-refractivity contribution in [2.75, 3.05) is 0 Å². The zero-order chi connectivity index (χ0) is 20.3. The van der Waals surface area contributed by atoms with Gasteiger partial charge in [0.25, 0.3) is 0 Å². The highest BCUT2D eigenvalue weighted by atomic mass is 79.9. The van der Waals surface area contributed by atoms with Crippen molar-refractivity contribution in [2.45, 2.75) is 19.4 Å². The highest BCUT2D eigenvalue weighted by molar-refractivity contribution is 9.10. The van der Waals surface area contributed by atoms with Gasteiger partial charge in [0.05, 0.1) is 17.8 Å². The molecule has 7 heteroatoms. The highest BCUT2D eigenvalue weighted by Gasteiger charge is 2.16. The maximum absolute atomic E-state index is 11.5. The Morgan fingerprint density at radius 1 is 1.04 bits per heavy atom. The molecular formula is C21H20BrN3O3. The molecule has 0 fully saturated rings. The van der Waals surface area contributed by atoms with E-state index in [1.165, 1.54) is 0 Å². The second-order valence-electron chi connectivity index (χ2n) is 6.36. The van der Waals surface area contributed by atoms with E-state index in [1.807, 2.05) is 41.0 Å². The van der Waals surface area contributed by atoms with E-state index >= 15 is 0 Å². The summed E-state index contributed by atoms with van der Waals surface area (Å²) in [6, 6.07) is 16.9. The van der Waals surface area contributed by atoms with Crippen LogP contribution in [0.2, 0.25) is 0 Å². The molecule has 3 rings (SSSR count). The van der Waals surface area contributed by atoms with E-state index in [4.69, 9.17) is 16.6 Å². The molecule has 3 aromatic rings. The Morgan fingerprint density at radius 2 is 1.75 bits per heavy atom. The molecule has 1 amide bonds. The number of carboxylic acid groups (broad SMARTS) is 1. The number of nitrogens with two attached hydrogens (primary N) is 2. The first-order valence-corrected chi connectivity index (χ1v) is 9.51. The first kappa shape index (κ1) is 19.9. The summed E-state index contributed by atoms with van der Waals surface area (Å²) in [4.78, 5) is 22.6. The van der Waals surface area contributed by atoms with Crippen LogP contribution in [0.25, 0.3) is 16.9 Å². The van der Waals surface area contributed by atoms with Crippen LogP contribution in [0.15, 0.2) is 59.1 Å². The zero-order valence-corrected chi connectivity index (χ0v) is 16.6. The Kier molecular flexibility index (Phi) is 5.96. The summed E-state index contributed by atoms with van der Waals surface area (Å²) in [7, 11) is 0. The topological polar surface area (TPSA) is 111 Å². The molecule has 0 saturated carbocycles. The fraction of sp³-hybridized carbons (Fsp3) is 0.143. The number of carbonyl (C=O) groups excluding carboxylic acids is 1. The molecule has 5 N–H and O–H groups in total. The van der Waals surface area contributed by atoms with Gasteiger partial charge in [-0.05, 0) is 60.0 Å². The number of primary amides is 1. The van der Waals surface area contributed by atoms with E-state index in [2.05, 4.69) is 15.9 Å². The van der Waals surface area contributed by atoms with Crippen LogP contribution in [0.1, 0.15) is 28.0 Å². The second kappa shape index (κ2) is 8.41. The largest absolute Gasteiger partial charge is 0.481 e. The number of nitrogens with zero attached hydrogens (tertiary/aromatic N) is 1. The van der Waals surface area contributed by atoms with Gasteiger partial charge in [-0.15, -0.1) is 0 Å². The molecule has 0 spiro atoms. The molecule has 1 aromatic heterocycles. The van der Waals surface area contributed by atoms with Crippen LogP contribution in [-0.4, -0.2) is 21.6 Å². The minimum Gasteiger partial charge on any atom is -0.481 e. The maximum atomic E-state index is 11.5. The van der Waals surface area contributed by atoms with Gasteiger partial charge in [-0.1, -0.05) is 28.1 Å². The average Bonchev–Trinajstić information content (AvgIpc) is 3.10. The molecule has 0 bridgehead atoms. The third kappa shape index (κ3) is 4.16. The number of aromatic nitrogens is 1. The van der Waals surface area contributed by atoms with E-state index in [9.17, 15) is 9.59 Å². The van der Waals surface area contributed by atoms with E-state index in [0.717, 1.165) is 32.7 Å². The number of rotatable bonds is 7. The van der Waals surface area contributed by atoms with Gasteiger partial charge in [-0.3, -0.25) is 9.59 Å². The minimum absolute atomic E-state index is 0.0150. The molecule has 0 unspecified atom stereocenters. The zero-order valence-electron chi connectivity index (χ0n) is 15.1. The SMILES string of the molecule is NCc1cc(C(N)=O)ccc1-n1c(CCC(=O)O)ccc1-c1ccc(Br)cc1. The van der Waals surface area contributed by atoms with Gasteiger partial charge in [0, 0.05) is 22.3 Å². The van der Waals surface area contributed by atoms with Crippen molar-refractivity contribution in [3.63, 3.8) is 0 Å². The van der Waals surface area contributed by atoms with Crippen molar-refractivity contribution in [3.05, 3.63) is 75.9 Å². The molecule has 144 valence electrons. The third-order valence-electron chi connectivity index (χ3n) is 4.52. The molecule has 0 saturated heterocycles. The lowest BCUT2D eigenvalue weighted by molar-refractivity contribution is -0.136. The smallest absolute Gasteiger partial charge is 0.303 e. The standard InChI is InChI=1S/C21H20BrN3O3/c22-16-4-1-13(2-5-16)18-9-6-17(7-10-20(26)27)25(18)19-8-3-14(21(24)28)11-15(19)12-23/h1-6,8-9,11H,7,10,12,23H2,(H2,24,28)(H,26,27). The number of aliphatic carboxylic acids is 1. The van der Waals surface area contributed by atoms with Gasteiger partial charge in [0.2, 0.25) is 5.91 Å². The van der Waals surface area contributed by atoms with E-state index in [1.54, 1.807) is 18.2 Å². The molecule has 0 aliphatic heterocycles. The van der Waals surface area contributed by atoms with Crippen LogP contribution in [0.5, 0.6) is 0 Å². The number of halogens is 1. The van der Waals surface area contributed by atoms with Gasteiger partial charge in [-0.25, -0.2) is 0 Å². The summed E-state index contributed by atoms with van der Waals surface area (Å²) in [5.41, 5.74) is 16.0. The summed E-state index contributed by atoms with van der Waals surface area (Å²) in [5, 5.41) is 9.10. The number of amides is 1. The molecular weight excluding hydrogens is 422 g/mol. The average molecular weight is 442 g/mol. The van der Waals surface area contributed by atoms with Crippen LogP contribution < -0.4 is 11.5 Å². The first-order chi connectivity index (χ1) is 13.4. The lowest BCUT2D eigenvalue weighted by Crippen LogP contribution is -2.14. The Labute approximate surface area is 170 Å². The van der Waals surface area contributed by atoms with Gasteiger partial charge in [0.15, 0.2) is 0 Å². The quantitative estimate of drug-likeness (QED) is 0.520. The van der Waals surface area contributed by atoms with Gasteiger partial charge in [-0.2, -0.15) is 0 Å². The normalized spacial score (nSPS) is 10.8. The Hall–Kier alpha value is -2.90. The van der Waals surface area contributed by atoms with Crippen LogP contribution in [0, 0.1) is 0 Å². The fourth-order valence-electron chi connectivity index (χ4n) is 3.16. The number of carbonyl (C=O) groups is 2. The van der Waals surface area contributed by atoms with Crippen LogP contribution in [0.3, 0.4) is 0 Å². The first-order valence-electron chi connectivity index (χ1n) is 8.72. The minimum atomic E-state index is -0.860. The second-order valence-corrected chi connectivity index (χ2v) is 7.27. The molecule has 6 nitrogen and oxygen atoms in total. The molecule has 0 radical (unpaired) electrons. The number of carboxylic acids is 1. The third-order valence-corrected chi connectivity index (χ3v) is 5.05. The number of hydrogen-bond acceptors (Lipinski definition) is 3. The van der Waals surface area contributed by atoms with Crippen molar-refractivity contribution >= 4 is 27.8 Å². The summed E-state index contributed by atoms with van der Waals surface area (Å²) >= 11 is 3.44. The lowest BCUT2D eigenvalue weighted by atomic mass is 10.1. The van der Waals surface area contributed by atoms with Gasteiger partial charge >= 0.3 is 5.97 Å². The van der Waals surface area contributed by atoms with Crippen LogP contribution in [-0.2, 0) is 17.8 Å². The summed E-state index contributed by atoms with van der Waals surface area (Å²) in [5.74, 6) is -1.38.